The van der Waals surface area contributed by atoms with Gasteiger partial charge in [0.25, 0.3) is 0 Å². The van der Waals surface area contributed by atoms with E-state index in [2.05, 4.69) is 10.4 Å². The van der Waals surface area contributed by atoms with Gasteiger partial charge >= 0.3 is 6.18 Å². The minimum Gasteiger partial charge on any atom is -0.354 e. The van der Waals surface area contributed by atoms with Crippen molar-refractivity contribution >= 4 is 5.91 Å². The standard InChI is InChI=1S/C21H20F3N3O/c22-21(23,24)19-12-14-27(26-19)15-20(28)25-13-11-18(16-7-3-1-4-8-16)17-9-5-2-6-10-17/h1-10,12,14,18H,11,13,15H2,(H,25,28). The summed E-state index contributed by atoms with van der Waals surface area (Å²) >= 11 is 0. The van der Waals surface area contributed by atoms with E-state index in [9.17, 15) is 18.0 Å². The van der Waals surface area contributed by atoms with Gasteiger partial charge in [0.1, 0.15) is 6.54 Å². The van der Waals surface area contributed by atoms with Crippen LogP contribution in [0.3, 0.4) is 0 Å². The first-order valence-electron chi connectivity index (χ1n) is 8.91. The molecule has 1 amide bonds. The van der Waals surface area contributed by atoms with Crippen molar-refractivity contribution in [2.45, 2.75) is 25.1 Å². The highest BCUT2D eigenvalue weighted by molar-refractivity contribution is 5.75. The Morgan fingerprint density at radius 2 is 1.54 bits per heavy atom. The number of amides is 1. The maximum absolute atomic E-state index is 12.6. The molecule has 0 aliphatic carbocycles. The second-order valence-electron chi connectivity index (χ2n) is 6.41. The molecule has 2 aromatic carbocycles. The number of nitrogens with zero attached hydrogens (tertiary/aromatic N) is 2. The lowest BCUT2D eigenvalue weighted by molar-refractivity contribution is -0.141. The SMILES string of the molecule is O=C(Cn1ccc(C(F)(F)F)n1)NCCC(c1ccccc1)c1ccccc1. The molecule has 0 saturated heterocycles. The van der Waals surface area contributed by atoms with Crippen molar-refractivity contribution in [1.82, 2.24) is 15.1 Å². The average molecular weight is 387 g/mol. The molecule has 3 aromatic rings. The Balaban J connectivity index is 1.58. The molecule has 1 N–H and O–H groups in total. The molecule has 0 bridgehead atoms. The largest absolute Gasteiger partial charge is 0.435 e. The van der Waals surface area contributed by atoms with Crippen LogP contribution in [0.25, 0.3) is 0 Å². The monoisotopic (exact) mass is 387 g/mol. The van der Waals surface area contributed by atoms with Crippen LogP contribution in [-0.2, 0) is 17.5 Å². The van der Waals surface area contributed by atoms with E-state index in [1.54, 1.807) is 0 Å². The van der Waals surface area contributed by atoms with Gasteiger partial charge in [-0.2, -0.15) is 18.3 Å². The van der Waals surface area contributed by atoms with Gasteiger partial charge in [-0.1, -0.05) is 60.7 Å². The summed E-state index contributed by atoms with van der Waals surface area (Å²) in [6.45, 7) is 0.151. The van der Waals surface area contributed by atoms with E-state index in [0.717, 1.165) is 28.1 Å². The van der Waals surface area contributed by atoms with Gasteiger partial charge in [-0.25, -0.2) is 0 Å². The Labute approximate surface area is 161 Å². The van der Waals surface area contributed by atoms with Gasteiger partial charge in [0.2, 0.25) is 5.91 Å². The molecule has 0 aliphatic rings. The summed E-state index contributed by atoms with van der Waals surface area (Å²) in [7, 11) is 0. The van der Waals surface area contributed by atoms with E-state index in [1.165, 1.54) is 0 Å². The molecule has 1 aromatic heterocycles. The Hall–Kier alpha value is -3.09. The third kappa shape index (κ3) is 5.22. The van der Waals surface area contributed by atoms with E-state index in [4.69, 9.17) is 0 Å². The van der Waals surface area contributed by atoms with Crippen LogP contribution in [0.1, 0.15) is 29.2 Å². The fourth-order valence-corrected chi connectivity index (χ4v) is 3.06. The van der Waals surface area contributed by atoms with Crippen molar-refractivity contribution in [2.24, 2.45) is 0 Å². The van der Waals surface area contributed by atoms with E-state index >= 15 is 0 Å². The lowest BCUT2D eigenvalue weighted by Crippen LogP contribution is -2.29. The van der Waals surface area contributed by atoms with E-state index in [-0.39, 0.29) is 18.4 Å². The van der Waals surface area contributed by atoms with Gasteiger partial charge in [-0.05, 0) is 23.6 Å². The quantitative estimate of drug-likeness (QED) is 0.659. The number of alkyl halides is 3. The van der Waals surface area contributed by atoms with Crippen LogP contribution < -0.4 is 5.32 Å². The summed E-state index contributed by atoms with van der Waals surface area (Å²) < 4.78 is 38.7. The second-order valence-corrected chi connectivity index (χ2v) is 6.41. The van der Waals surface area contributed by atoms with Crippen molar-refractivity contribution < 1.29 is 18.0 Å². The van der Waals surface area contributed by atoms with Crippen LogP contribution in [0.15, 0.2) is 72.9 Å². The van der Waals surface area contributed by atoms with Crippen LogP contribution in [0.5, 0.6) is 0 Å². The highest BCUT2D eigenvalue weighted by atomic mass is 19.4. The first kappa shape index (κ1) is 19.7. The van der Waals surface area contributed by atoms with Crippen molar-refractivity contribution in [3.8, 4) is 0 Å². The summed E-state index contributed by atoms with van der Waals surface area (Å²) in [4.78, 5) is 12.1. The third-order valence-electron chi connectivity index (χ3n) is 4.40. The van der Waals surface area contributed by atoms with Crippen molar-refractivity contribution in [2.75, 3.05) is 6.54 Å². The zero-order valence-corrected chi connectivity index (χ0v) is 15.1. The summed E-state index contributed by atoms with van der Waals surface area (Å²) in [5.74, 6) is -0.263. The van der Waals surface area contributed by atoms with Gasteiger partial charge in [-0.15, -0.1) is 0 Å². The number of halogens is 3. The summed E-state index contributed by atoms with van der Waals surface area (Å²) in [6, 6.07) is 20.8. The summed E-state index contributed by atoms with van der Waals surface area (Å²) in [5.41, 5.74) is 1.28. The molecule has 0 aliphatic heterocycles. The Morgan fingerprint density at radius 1 is 0.964 bits per heavy atom. The minimum absolute atomic E-state index is 0.115. The number of nitrogens with one attached hydrogen (secondary N) is 1. The van der Waals surface area contributed by atoms with Gasteiger partial charge in [0.05, 0.1) is 0 Å². The minimum atomic E-state index is -4.51. The van der Waals surface area contributed by atoms with Crippen LogP contribution in [0.4, 0.5) is 13.2 Å². The zero-order valence-electron chi connectivity index (χ0n) is 15.1. The maximum atomic E-state index is 12.6. The molecule has 1 heterocycles. The fourth-order valence-electron chi connectivity index (χ4n) is 3.06. The van der Waals surface area contributed by atoms with Crippen molar-refractivity contribution in [3.63, 3.8) is 0 Å². The molecule has 0 fully saturated rings. The third-order valence-corrected chi connectivity index (χ3v) is 4.40. The van der Waals surface area contributed by atoms with Gasteiger partial charge in [0, 0.05) is 18.7 Å². The second kappa shape index (κ2) is 8.73. The van der Waals surface area contributed by atoms with Crippen LogP contribution in [0.2, 0.25) is 0 Å². The molecule has 146 valence electrons. The van der Waals surface area contributed by atoms with Crippen LogP contribution in [0, 0.1) is 0 Å². The molecule has 28 heavy (non-hydrogen) atoms. The summed E-state index contributed by atoms with van der Waals surface area (Å²) in [5, 5.41) is 6.16. The molecule has 4 nitrogen and oxygen atoms in total. The number of rotatable bonds is 7. The van der Waals surface area contributed by atoms with E-state index in [1.807, 2.05) is 60.7 Å². The first-order chi connectivity index (χ1) is 13.4. The number of aromatic nitrogens is 2. The average Bonchev–Trinajstić information content (AvgIpc) is 3.15. The topological polar surface area (TPSA) is 46.9 Å². The Kier molecular flexibility index (Phi) is 6.13. The zero-order chi connectivity index (χ0) is 20.0. The van der Waals surface area contributed by atoms with Gasteiger partial charge < -0.3 is 5.32 Å². The summed E-state index contributed by atoms with van der Waals surface area (Å²) in [6.07, 6.45) is -2.69. The van der Waals surface area contributed by atoms with Gasteiger partial charge in [0.15, 0.2) is 5.69 Å². The lowest BCUT2D eigenvalue weighted by Gasteiger charge is -2.18. The Morgan fingerprint density at radius 3 is 2.04 bits per heavy atom. The molecule has 0 atom stereocenters. The van der Waals surface area contributed by atoms with Crippen molar-refractivity contribution in [1.29, 1.82) is 0 Å². The lowest BCUT2D eigenvalue weighted by atomic mass is 9.88. The highest BCUT2D eigenvalue weighted by Crippen LogP contribution is 2.28. The van der Waals surface area contributed by atoms with Crippen molar-refractivity contribution in [3.05, 3.63) is 89.7 Å². The molecule has 0 saturated carbocycles. The van der Waals surface area contributed by atoms with E-state index in [0.29, 0.717) is 13.0 Å². The predicted octanol–water partition coefficient (Wildman–Crippen LogP) is 4.24. The first-order valence-corrected chi connectivity index (χ1v) is 8.91. The molecule has 0 radical (unpaired) electrons. The molecule has 3 rings (SSSR count). The maximum Gasteiger partial charge on any atom is 0.435 e. The smallest absolute Gasteiger partial charge is 0.354 e. The number of hydrogen-bond acceptors (Lipinski definition) is 2. The van der Waals surface area contributed by atoms with Crippen LogP contribution >= 0.6 is 0 Å². The molecular formula is C21H20F3N3O. The number of hydrogen-bond donors (Lipinski definition) is 1. The number of benzene rings is 2. The normalized spacial score (nSPS) is 11.6. The Bertz CT molecular complexity index is 853. The molecule has 0 spiro atoms. The molecular weight excluding hydrogens is 367 g/mol. The van der Waals surface area contributed by atoms with Crippen LogP contribution in [-0.4, -0.2) is 22.2 Å². The fraction of sp³-hybridized carbons (Fsp3) is 0.238. The molecule has 0 unspecified atom stereocenters. The molecule has 7 heteroatoms. The number of carbonyl (C=O) groups excluding carboxylic acids is 1. The van der Waals surface area contributed by atoms with E-state index < -0.39 is 11.9 Å². The number of carbonyl (C=O) groups is 1. The predicted molar refractivity (Wildman–Crippen MR) is 99.6 cm³/mol. The highest BCUT2D eigenvalue weighted by Gasteiger charge is 2.33. The van der Waals surface area contributed by atoms with Gasteiger partial charge in [-0.3, -0.25) is 9.48 Å².